The maximum Gasteiger partial charge on any atom is 0.0538 e. The van der Waals surface area contributed by atoms with Crippen LogP contribution in [0, 0.1) is 0 Å². The zero-order valence-corrected chi connectivity index (χ0v) is 13.7. The minimum atomic E-state index is 0.825. The molecule has 0 aromatic heterocycles. The molecule has 2 aromatic rings. The zero-order valence-electron chi connectivity index (χ0n) is 13.7. The van der Waals surface area contributed by atoms with E-state index in [9.17, 15) is 0 Å². The quantitative estimate of drug-likeness (QED) is 0.758. The third-order valence-corrected chi connectivity index (χ3v) is 3.77. The van der Waals surface area contributed by atoms with Gasteiger partial charge in [-0.3, -0.25) is 0 Å². The lowest BCUT2D eigenvalue weighted by molar-refractivity contribution is 0.803. The van der Waals surface area contributed by atoms with Crippen molar-refractivity contribution in [3.05, 3.63) is 108 Å². The molecule has 0 spiro atoms. The molecule has 0 unspecified atom stereocenters. The molecule has 3 heteroatoms. The van der Waals surface area contributed by atoms with E-state index in [-0.39, 0.29) is 0 Å². The topological polar surface area (TPSA) is 36.1 Å². The van der Waals surface area contributed by atoms with Crippen molar-refractivity contribution in [1.29, 1.82) is 0 Å². The normalized spacial score (nSPS) is 16.8. The molecule has 0 bridgehead atoms. The highest BCUT2D eigenvalue weighted by Crippen LogP contribution is 2.10. The first-order chi connectivity index (χ1) is 11.9. The van der Waals surface area contributed by atoms with E-state index in [4.69, 9.17) is 0 Å². The minimum absolute atomic E-state index is 0.825. The summed E-state index contributed by atoms with van der Waals surface area (Å²) in [5.74, 6) is 0. The first kappa shape index (κ1) is 15.9. The molecule has 1 aliphatic rings. The smallest absolute Gasteiger partial charge is 0.0538 e. The molecule has 122 valence electrons. The van der Waals surface area contributed by atoms with Crippen LogP contribution in [0.25, 0.3) is 0 Å². The number of benzene rings is 2. The third-order valence-electron chi connectivity index (χ3n) is 3.77. The van der Waals surface area contributed by atoms with Crippen molar-refractivity contribution in [2.75, 3.05) is 0 Å². The van der Waals surface area contributed by atoms with Crippen molar-refractivity contribution >= 4 is 0 Å². The van der Waals surface area contributed by atoms with Crippen molar-refractivity contribution in [3.8, 4) is 0 Å². The summed E-state index contributed by atoms with van der Waals surface area (Å²) in [4.78, 5) is 0. The second-order valence-electron chi connectivity index (χ2n) is 5.73. The highest BCUT2D eigenvalue weighted by atomic mass is 15.0. The van der Waals surface area contributed by atoms with Gasteiger partial charge >= 0.3 is 0 Å². The predicted molar refractivity (Wildman–Crippen MR) is 99.6 cm³/mol. The van der Waals surface area contributed by atoms with Gasteiger partial charge in [-0.15, -0.1) is 0 Å². The lowest BCUT2D eigenvalue weighted by Gasteiger charge is -2.16. The standard InChI is InChI=1S/C21H23N3/c1-3-8-18(9-4-1)14-22-16-20-12-7-13-21(24-20)17-23-15-19-10-5-2-6-11-19/h1-12,16-17,22-24H,13-15H2. The summed E-state index contributed by atoms with van der Waals surface area (Å²) >= 11 is 0. The van der Waals surface area contributed by atoms with Crippen LogP contribution in [0.1, 0.15) is 17.5 Å². The second-order valence-corrected chi connectivity index (χ2v) is 5.73. The molecule has 3 rings (SSSR count). The van der Waals surface area contributed by atoms with E-state index in [1.165, 1.54) is 16.8 Å². The summed E-state index contributed by atoms with van der Waals surface area (Å²) in [6.07, 6.45) is 9.27. The van der Waals surface area contributed by atoms with Crippen molar-refractivity contribution in [3.63, 3.8) is 0 Å². The van der Waals surface area contributed by atoms with E-state index in [1.54, 1.807) is 0 Å². The van der Waals surface area contributed by atoms with Crippen LogP contribution in [0.5, 0.6) is 0 Å². The van der Waals surface area contributed by atoms with Crippen LogP contribution < -0.4 is 16.0 Å². The molecular weight excluding hydrogens is 294 g/mol. The fourth-order valence-corrected chi connectivity index (χ4v) is 2.53. The third kappa shape index (κ3) is 5.06. The Kier molecular flexibility index (Phi) is 5.73. The molecule has 1 heterocycles. The van der Waals surface area contributed by atoms with Crippen LogP contribution in [0.15, 0.2) is 96.6 Å². The number of nitrogens with one attached hydrogen (secondary N) is 3. The highest BCUT2D eigenvalue weighted by molar-refractivity contribution is 5.28. The minimum Gasteiger partial charge on any atom is -0.385 e. The van der Waals surface area contributed by atoms with Crippen molar-refractivity contribution in [2.24, 2.45) is 0 Å². The Hall–Kier alpha value is -2.94. The fourth-order valence-electron chi connectivity index (χ4n) is 2.53. The van der Waals surface area contributed by atoms with Gasteiger partial charge in [0.25, 0.3) is 0 Å². The molecular formula is C21H23N3. The summed E-state index contributed by atoms with van der Waals surface area (Å²) in [5, 5.41) is 10.2. The fraction of sp³-hybridized carbons (Fsp3) is 0.143. The van der Waals surface area contributed by atoms with Crippen LogP contribution in [-0.4, -0.2) is 0 Å². The molecule has 0 amide bonds. The monoisotopic (exact) mass is 317 g/mol. The van der Waals surface area contributed by atoms with Crippen molar-refractivity contribution in [2.45, 2.75) is 19.5 Å². The maximum atomic E-state index is 3.44. The average Bonchev–Trinajstić information content (AvgIpc) is 2.64. The van der Waals surface area contributed by atoms with Crippen LogP contribution in [-0.2, 0) is 13.1 Å². The molecule has 0 aliphatic carbocycles. The Morgan fingerprint density at radius 3 is 2.00 bits per heavy atom. The Bertz CT molecular complexity index is 715. The van der Waals surface area contributed by atoms with E-state index in [2.05, 4.69) is 82.8 Å². The van der Waals surface area contributed by atoms with E-state index in [1.807, 2.05) is 18.3 Å². The first-order valence-corrected chi connectivity index (χ1v) is 8.27. The molecule has 0 saturated carbocycles. The van der Waals surface area contributed by atoms with Crippen molar-refractivity contribution in [1.82, 2.24) is 16.0 Å². The van der Waals surface area contributed by atoms with Gasteiger partial charge in [-0.05, 0) is 17.2 Å². The predicted octanol–water partition coefficient (Wildman–Crippen LogP) is 3.80. The van der Waals surface area contributed by atoms with Gasteiger partial charge in [-0.25, -0.2) is 0 Å². The number of rotatable bonds is 6. The van der Waals surface area contributed by atoms with Crippen LogP contribution >= 0.6 is 0 Å². The van der Waals surface area contributed by atoms with Gasteiger partial charge < -0.3 is 16.0 Å². The van der Waals surface area contributed by atoms with Gasteiger partial charge in [0.15, 0.2) is 0 Å². The molecule has 1 aliphatic heterocycles. The van der Waals surface area contributed by atoms with E-state index < -0.39 is 0 Å². The molecule has 24 heavy (non-hydrogen) atoms. The first-order valence-electron chi connectivity index (χ1n) is 8.27. The van der Waals surface area contributed by atoms with Gasteiger partial charge in [-0.2, -0.15) is 0 Å². The Morgan fingerprint density at radius 1 is 0.792 bits per heavy atom. The lowest BCUT2D eigenvalue weighted by atomic mass is 10.2. The number of hydrogen-bond acceptors (Lipinski definition) is 3. The van der Waals surface area contributed by atoms with Crippen molar-refractivity contribution < 1.29 is 0 Å². The molecule has 3 N–H and O–H groups in total. The summed E-state index contributed by atoms with van der Waals surface area (Å²) in [5.41, 5.74) is 4.79. The second kappa shape index (κ2) is 8.63. The van der Waals surface area contributed by atoms with Gasteiger partial charge in [-0.1, -0.05) is 66.7 Å². The highest BCUT2D eigenvalue weighted by Gasteiger charge is 2.03. The SMILES string of the molecule is C1=CC(=CNCc2ccccc2)NC(=CNCc2ccccc2)C1. The van der Waals surface area contributed by atoms with E-state index in [0.717, 1.165) is 25.2 Å². The zero-order chi connectivity index (χ0) is 16.5. The molecule has 3 nitrogen and oxygen atoms in total. The van der Waals surface area contributed by atoms with Gasteiger partial charge in [0.05, 0.1) is 5.70 Å². The lowest BCUT2D eigenvalue weighted by Crippen LogP contribution is -2.20. The molecule has 0 atom stereocenters. The summed E-state index contributed by atoms with van der Waals surface area (Å²) < 4.78 is 0. The van der Waals surface area contributed by atoms with Crippen LogP contribution in [0.4, 0.5) is 0 Å². The molecule has 0 saturated heterocycles. The number of hydrogen-bond donors (Lipinski definition) is 3. The maximum absolute atomic E-state index is 3.44. The number of allylic oxidation sites excluding steroid dienone is 2. The molecule has 2 aromatic carbocycles. The molecule has 0 radical (unpaired) electrons. The van der Waals surface area contributed by atoms with Gasteiger partial charge in [0, 0.05) is 37.6 Å². The van der Waals surface area contributed by atoms with Gasteiger partial charge in [0.2, 0.25) is 0 Å². The average molecular weight is 317 g/mol. The Morgan fingerprint density at radius 2 is 1.38 bits per heavy atom. The summed E-state index contributed by atoms with van der Waals surface area (Å²) in [6.45, 7) is 1.66. The van der Waals surface area contributed by atoms with E-state index in [0.29, 0.717) is 0 Å². The summed E-state index contributed by atoms with van der Waals surface area (Å²) in [6, 6.07) is 20.8. The van der Waals surface area contributed by atoms with Crippen LogP contribution in [0.3, 0.4) is 0 Å². The Balaban J connectivity index is 1.48. The largest absolute Gasteiger partial charge is 0.385 e. The summed E-state index contributed by atoms with van der Waals surface area (Å²) in [7, 11) is 0. The molecule has 0 fully saturated rings. The van der Waals surface area contributed by atoms with Gasteiger partial charge in [0.1, 0.15) is 0 Å². The van der Waals surface area contributed by atoms with E-state index >= 15 is 0 Å². The Labute approximate surface area is 143 Å². The van der Waals surface area contributed by atoms with Crippen LogP contribution in [0.2, 0.25) is 0 Å².